The van der Waals surface area contributed by atoms with Gasteiger partial charge in [0.2, 0.25) is 0 Å². The van der Waals surface area contributed by atoms with Gasteiger partial charge in [0.15, 0.2) is 0 Å². The van der Waals surface area contributed by atoms with Crippen LogP contribution in [0.2, 0.25) is 0 Å². The van der Waals surface area contributed by atoms with E-state index in [1.54, 1.807) is 0 Å². The fraction of sp³-hybridized carbons (Fsp3) is 0.882. The average Bonchev–Trinajstić information content (AvgIpc) is 2.59. The number of nitrogens with one attached hydrogen (secondary N) is 1. The highest BCUT2D eigenvalue weighted by molar-refractivity contribution is 8.76. The molecule has 0 aliphatic rings. The molecule has 0 spiro atoms. The van der Waals surface area contributed by atoms with Crippen LogP contribution in [0.5, 0.6) is 0 Å². The number of carbonyl (C=O) groups is 1. The van der Waals surface area contributed by atoms with Gasteiger partial charge in [-0.3, -0.25) is 4.79 Å². The molecule has 5 nitrogen and oxygen atoms in total. The van der Waals surface area contributed by atoms with Gasteiger partial charge >= 0.3 is 0 Å². The minimum Gasteiger partial charge on any atom is -0.390 e. The Labute approximate surface area is 154 Å². The summed E-state index contributed by atoms with van der Waals surface area (Å²) in [5.74, 6) is 0.456. The van der Waals surface area contributed by atoms with Crippen LogP contribution in [-0.4, -0.2) is 46.0 Å². The molecule has 0 aromatic carbocycles. The second-order valence-electron chi connectivity index (χ2n) is 6.04. The van der Waals surface area contributed by atoms with E-state index in [1.807, 2.05) is 13.2 Å². The fourth-order valence-electron chi connectivity index (χ4n) is 2.64. The summed E-state index contributed by atoms with van der Waals surface area (Å²) < 4.78 is 0. The lowest BCUT2D eigenvalue weighted by molar-refractivity contribution is -0.118. The molecular weight excluding hydrogens is 344 g/mol. The zero-order valence-electron chi connectivity index (χ0n) is 15.5. The van der Waals surface area contributed by atoms with E-state index in [1.165, 1.54) is 34.4 Å². The van der Waals surface area contributed by atoms with Crippen molar-refractivity contribution >= 4 is 33.2 Å². The highest BCUT2D eigenvalue weighted by Gasteiger charge is 2.33. The monoisotopic (exact) mass is 378 g/mol. The van der Waals surface area contributed by atoms with Crippen LogP contribution in [-0.2, 0) is 4.79 Å². The van der Waals surface area contributed by atoms with E-state index >= 15 is 0 Å². The quantitative estimate of drug-likeness (QED) is 0.186. The SMILES string of the molecule is CCCCCC(CC)CC(O)(CC)/C(CO)=N/NC(=O)CSSC. The lowest BCUT2D eigenvalue weighted by Gasteiger charge is -2.31. The summed E-state index contributed by atoms with van der Waals surface area (Å²) in [6.45, 7) is 5.84. The summed E-state index contributed by atoms with van der Waals surface area (Å²) in [6, 6.07) is 0. The molecule has 24 heavy (non-hydrogen) atoms. The second-order valence-corrected chi connectivity index (χ2v) is 8.60. The van der Waals surface area contributed by atoms with E-state index in [9.17, 15) is 15.0 Å². The Hall–Kier alpha value is -0.240. The number of hydrogen-bond acceptors (Lipinski definition) is 6. The van der Waals surface area contributed by atoms with Gasteiger partial charge in [-0.15, -0.1) is 0 Å². The molecule has 0 saturated heterocycles. The van der Waals surface area contributed by atoms with Crippen molar-refractivity contribution in [2.75, 3.05) is 18.6 Å². The van der Waals surface area contributed by atoms with Gasteiger partial charge in [0.1, 0.15) is 5.60 Å². The number of hydrazone groups is 1. The van der Waals surface area contributed by atoms with Crippen LogP contribution >= 0.6 is 21.6 Å². The maximum atomic E-state index is 11.7. The second kappa shape index (κ2) is 14.0. The van der Waals surface area contributed by atoms with Gasteiger partial charge in [-0.25, -0.2) is 5.43 Å². The number of hydrogen-bond donors (Lipinski definition) is 3. The topological polar surface area (TPSA) is 81.9 Å². The average molecular weight is 379 g/mol. The minimum atomic E-state index is -1.17. The lowest BCUT2D eigenvalue weighted by atomic mass is 9.81. The summed E-state index contributed by atoms with van der Waals surface area (Å²) in [7, 11) is 2.93. The molecule has 0 fully saturated rings. The van der Waals surface area contributed by atoms with E-state index < -0.39 is 5.60 Å². The molecule has 0 radical (unpaired) electrons. The number of amides is 1. The first-order valence-electron chi connectivity index (χ1n) is 8.82. The van der Waals surface area contributed by atoms with Crippen LogP contribution in [0.3, 0.4) is 0 Å². The summed E-state index contributed by atoms with van der Waals surface area (Å²) in [5.41, 5.74) is 1.53. The van der Waals surface area contributed by atoms with E-state index in [0.717, 1.165) is 19.3 Å². The molecule has 1 amide bonds. The molecule has 142 valence electrons. The molecule has 3 N–H and O–H groups in total. The molecule has 0 aromatic heterocycles. The van der Waals surface area contributed by atoms with Crippen molar-refractivity contribution in [1.29, 1.82) is 0 Å². The van der Waals surface area contributed by atoms with Crippen LogP contribution in [0, 0.1) is 5.92 Å². The van der Waals surface area contributed by atoms with E-state index in [2.05, 4.69) is 24.4 Å². The largest absolute Gasteiger partial charge is 0.390 e. The van der Waals surface area contributed by atoms with Crippen molar-refractivity contribution < 1.29 is 15.0 Å². The maximum Gasteiger partial charge on any atom is 0.250 e. The minimum absolute atomic E-state index is 0.228. The first-order chi connectivity index (χ1) is 11.5. The molecule has 0 aliphatic heterocycles. The molecule has 2 unspecified atom stereocenters. The van der Waals surface area contributed by atoms with Crippen LogP contribution in [0.1, 0.15) is 65.7 Å². The highest BCUT2D eigenvalue weighted by Crippen LogP contribution is 2.28. The Morgan fingerprint density at radius 2 is 2.00 bits per heavy atom. The maximum absolute atomic E-state index is 11.7. The van der Waals surface area contributed by atoms with Gasteiger partial charge in [-0.1, -0.05) is 74.5 Å². The Bertz CT molecular complexity index is 381. The Morgan fingerprint density at radius 1 is 1.29 bits per heavy atom. The number of rotatable bonds is 14. The summed E-state index contributed by atoms with van der Waals surface area (Å²) in [5, 5.41) is 24.6. The third-order valence-electron chi connectivity index (χ3n) is 4.31. The van der Waals surface area contributed by atoms with E-state index in [-0.39, 0.29) is 18.2 Å². The first-order valence-corrected chi connectivity index (χ1v) is 11.5. The van der Waals surface area contributed by atoms with Gasteiger partial charge in [0.25, 0.3) is 5.91 Å². The van der Waals surface area contributed by atoms with Gasteiger partial charge in [0, 0.05) is 0 Å². The number of unbranched alkanes of at least 4 members (excludes halogenated alkanes) is 2. The summed E-state index contributed by atoms with van der Waals surface area (Å²) in [6.07, 6.45) is 8.53. The predicted molar refractivity (Wildman–Crippen MR) is 106 cm³/mol. The summed E-state index contributed by atoms with van der Waals surface area (Å²) in [4.78, 5) is 11.7. The van der Waals surface area contributed by atoms with Crippen LogP contribution in [0.15, 0.2) is 5.10 Å². The molecule has 7 heteroatoms. The molecule has 0 rings (SSSR count). The molecule has 2 atom stereocenters. The third kappa shape index (κ3) is 9.30. The molecule has 0 saturated carbocycles. The fourth-order valence-corrected chi connectivity index (χ4v) is 3.60. The Balaban J connectivity index is 4.87. The van der Waals surface area contributed by atoms with Crippen LogP contribution < -0.4 is 5.43 Å². The highest BCUT2D eigenvalue weighted by atomic mass is 33.1. The number of aliphatic hydroxyl groups excluding tert-OH is 1. The zero-order chi connectivity index (χ0) is 18.4. The Morgan fingerprint density at radius 3 is 2.50 bits per heavy atom. The van der Waals surface area contributed by atoms with Crippen molar-refractivity contribution in [3.8, 4) is 0 Å². The van der Waals surface area contributed by atoms with E-state index in [4.69, 9.17) is 0 Å². The molecule has 0 aromatic rings. The molecule has 0 heterocycles. The van der Waals surface area contributed by atoms with Crippen molar-refractivity contribution in [2.24, 2.45) is 11.0 Å². The first kappa shape index (κ1) is 23.8. The van der Waals surface area contributed by atoms with Gasteiger partial charge < -0.3 is 10.2 Å². The van der Waals surface area contributed by atoms with Crippen molar-refractivity contribution in [1.82, 2.24) is 5.43 Å². The van der Waals surface area contributed by atoms with Crippen LogP contribution in [0.4, 0.5) is 0 Å². The van der Waals surface area contributed by atoms with E-state index in [0.29, 0.717) is 24.5 Å². The van der Waals surface area contributed by atoms with Gasteiger partial charge in [-0.05, 0) is 25.0 Å². The molecule has 0 aliphatic carbocycles. The van der Waals surface area contributed by atoms with Crippen molar-refractivity contribution in [3.05, 3.63) is 0 Å². The smallest absolute Gasteiger partial charge is 0.250 e. The normalized spacial score (nSPS) is 15.8. The van der Waals surface area contributed by atoms with Crippen LogP contribution in [0.25, 0.3) is 0 Å². The summed E-state index contributed by atoms with van der Waals surface area (Å²) >= 11 is 0. The Kier molecular flexibility index (Phi) is 13.8. The number of nitrogens with zero attached hydrogens (tertiary/aromatic N) is 1. The third-order valence-corrected chi connectivity index (χ3v) is 5.99. The zero-order valence-corrected chi connectivity index (χ0v) is 17.1. The van der Waals surface area contributed by atoms with Crippen molar-refractivity contribution in [2.45, 2.75) is 71.3 Å². The van der Waals surface area contributed by atoms with Crippen molar-refractivity contribution in [3.63, 3.8) is 0 Å². The number of carbonyl (C=O) groups excluding carboxylic acids is 1. The van der Waals surface area contributed by atoms with Gasteiger partial charge in [-0.2, -0.15) is 5.10 Å². The molecule has 0 bridgehead atoms. The molecular formula is C17H34N2O3S2. The standard InChI is InChI=1S/C17H34N2O3S2/c1-5-8-9-10-14(6-2)11-17(22,7-3)15(12-20)18-19-16(21)13-24-23-4/h14,20,22H,5-13H2,1-4H3,(H,19,21)/b18-15+. The number of aliphatic hydroxyl groups is 2. The predicted octanol–water partition coefficient (Wildman–Crippen LogP) is 3.60. The van der Waals surface area contributed by atoms with Gasteiger partial charge in [0.05, 0.1) is 18.1 Å². The lowest BCUT2D eigenvalue weighted by Crippen LogP contribution is -2.43.